The van der Waals surface area contributed by atoms with Crippen molar-refractivity contribution >= 4 is 11.9 Å². The van der Waals surface area contributed by atoms with Crippen LogP contribution in [0, 0.1) is 5.41 Å². The lowest BCUT2D eigenvalue weighted by Gasteiger charge is -2.32. The van der Waals surface area contributed by atoms with Crippen LogP contribution >= 0.6 is 0 Å². The third-order valence-electron chi connectivity index (χ3n) is 3.46. The number of unbranched alkanes of at least 4 members (excludes halogenated alkanes) is 1. The highest BCUT2D eigenvalue weighted by Crippen LogP contribution is 2.26. The third-order valence-corrected chi connectivity index (χ3v) is 3.46. The average Bonchev–Trinajstić information content (AvgIpc) is 2.26. The molecule has 4 heteroatoms. The first-order valence-electron chi connectivity index (χ1n) is 7.24. The lowest BCUT2D eigenvalue weighted by Crippen LogP contribution is -2.41. The zero-order chi connectivity index (χ0) is 15.1. The van der Waals surface area contributed by atoms with E-state index in [0.29, 0.717) is 6.42 Å². The Bertz CT molecular complexity index is 300. The number of hydrogen-bond acceptors (Lipinski definition) is 2. The molecule has 1 unspecified atom stereocenters. The minimum Gasteiger partial charge on any atom is -0.481 e. The fourth-order valence-electron chi connectivity index (χ4n) is 2.12. The lowest BCUT2D eigenvalue weighted by molar-refractivity contribution is -0.141. The zero-order valence-corrected chi connectivity index (χ0v) is 13.0. The van der Waals surface area contributed by atoms with Crippen LogP contribution in [0.4, 0.5) is 0 Å². The maximum absolute atomic E-state index is 12.4. The van der Waals surface area contributed by atoms with Gasteiger partial charge in [0.15, 0.2) is 0 Å². The molecular weight excluding hydrogens is 242 g/mol. The van der Waals surface area contributed by atoms with E-state index in [-0.39, 0.29) is 18.4 Å². The summed E-state index contributed by atoms with van der Waals surface area (Å²) < 4.78 is 0. The van der Waals surface area contributed by atoms with Crippen molar-refractivity contribution in [3.63, 3.8) is 0 Å². The summed E-state index contributed by atoms with van der Waals surface area (Å²) >= 11 is 0. The second-order valence-corrected chi connectivity index (χ2v) is 6.11. The van der Waals surface area contributed by atoms with E-state index in [1.165, 1.54) is 0 Å². The van der Waals surface area contributed by atoms with Gasteiger partial charge in [-0.15, -0.1) is 0 Å². The average molecular weight is 271 g/mol. The van der Waals surface area contributed by atoms with Crippen LogP contribution in [0.25, 0.3) is 0 Å². The van der Waals surface area contributed by atoms with E-state index in [4.69, 9.17) is 5.11 Å². The number of carboxylic acid groups (broad SMARTS) is 1. The SMILES string of the molecule is CCCCN(C(=O)CC(C)(C)CC(=O)O)C(C)CC. The van der Waals surface area contributed by atoms with Crippen molar-refractivity contribution < 1.29 is 14.7 Å². The second-order valence-electron chi connectivity index (χ2n) is 6.11. The van der Waals surface area contributed by atoms with E-state index >= 15 is 0 Å². The molecule has 0 spiro atoms. The summed E-state index contributed by atoms with van der Waals surface area (Å²) in [4.78, 5) is 25.1. The highest BCUT2D eigenvalue weighted by molar-refractivity contribution is 5.78. The molecule has 1 atom stereocenters. The fraction of sp³-hybridized carbons (Fsp3) is 0.867. The Morgan fingerprint density at radius 3 is 2.21 bits per heavy atom. The van der Waals surface area contributed by atoms with Gasteiger partial charge < -0.3 is 10.0 Å². The summed E-state index contributed by atoms with van der Waals surface area (Å²) in [5, 5.41) is 8.87. The van der Waals surface area contributed by atoms with Gasteiger partial charge in [-0.3, -0.25) is 9.59 Å². The predicted molar refractivity (Wildman–Crippen MR) is 77.0 cm³/mol. The number of nitrogens with zero attached hydrogens (tertiary/aromatic N) is 1. The Labute approximate surface area is 117 Å². The van der Waals surface area contributed by atoms with Crippen LogP contribution in [-0.2, 0) is 9.59 Å². The van der Waals surface area contributed by atoms with Gasteiger partial charge in [0, 0.05) is 19.0 Å². The van der Waals surface area contributed by atoms with Gasteiger partial charge in [-0.1, -0.05) is 34.1 Å². The maximum atomic E-state index is 12.4. The number of hydrogen-bond donors (Lipinski definition) is 1. The van der Waals surface area contributed by atoms with Gasteiger partial charge in [-0.05, 0) is 25.2 Å². The lowest BCUT2D eigenvalue weighted by atomic mass is 9.85. The van der Waals surface area contributed by atoms with Gasteiger partial charge >= 0.3 is 5.97 Å². The Morgan fingerprint density at radius 1 is 1.21 bits per heavy atom. The van der Waals surface area contributed by atoms with Crippen molar-refractivity contribution in [1.82, 2.24) is 4.90 Å². The van der Waals surface area contributed by atoms with E-state index in [1.54, 1.807) is 0 Å². The zero-order valence-electron chi connectivity index (χ0n) is 13.0. The van der Waals surface area contributed by atoms with Crippen LogP contribution in [0.2, 0.25) is 0 Å². The number of carbonyl (C=O) groups excluding carboxylic acids is 1. The van der Waals surface area contributed by atoms with Crippen molar-refractivity contribution in [2.24, 2.45) is 5.41 Å². The molecular formula is C15H29NO3. The van der Waals surface area contributed by atoms with Crippen LogP contribution in [0.15, 0.2) is 0 Å². The molecule has 0 bridgehead atoms. The van der Waals surface area contributed by atoms with Gasteiger partial charge in [0.05, 0.1) is 6.42 Å². The fourth-order valence-corrected chi connectivity index (χ4v) is 2.12. The molecule has 0 heterocycles. The molecule has 112 valence electrons. The van der Waals surface area contributed by atoms with Gasteiger partial charge in [0.1, 0.15) is 0 Å². The van der Waals surface area contributed by atoms with Crippen LogP contribution < -0.4 is 0 Å². The minimum absolute atomic E-state index is 0.0286. The van der Waals surface area contributed by atoms with Crippen molar-refractivity contribution in [2.45, 2.75) is 72.8 Å². The molecule has 0 rings (SSSR count). The predicted octanol–water partition coefficient (Wildman–Crippen LogP) is 3.30. The van der Waals surface area contributed by atoms with Crippen LogP contribution in [-0.4, -0.2) is 34.5 Å². The molecule has 0 aromatic carbocycles. The topological polar surface area (TPSA) is 57.6 Å². The van der Waals surface area contributed by atoms with E-state index < -0.39 is 11.4 Å². The summed E-state index contributed by atoms with van der Waals surface area (Å²) in [6.45, 7) is 10.7. The van der Waals surface area contributed by atoms with Crippen LogP contribution in [0.5, 0.6) is 0 Å². The van der Waals surface area contributed by atoms with Gasteiger partial charge in [-0.25, -0.2) is 0 Å². The molecule has 4 nitrogen and oxygen atoms in total. The smallest absolute Gasteiger partial charge is 0.303 e. The Morgan fingerprint density at radius 2 is 1.79 bits per heavy atom. The third kappa shape index (κ3) is 7.19. The summed E-state index contributed by atoms with van der Waals surface area (Å²) in [6.07, 6.45) is 3.30. The van der Waals surface area contributed by atoms with E-state index in [9.17, 15) is 9.59 Å². The van der Waals surface area contributed by atoms with Crippen molar-refractivity contribution in [1.29, 1.82) is 0 Å². The molecule has 0 aliphatic heterocycles. The minimum atomic E-state index is -0.846. The summed E-state index contributed by atoms with van der Waals surface area (Å²) in [5.74, 6) is -0.768. The molecule has 0 fully saturated rings. The molecule has 0 saturated carbocycles. The molecule has 0 aromatic rings. The summed E-state index contributed by atoms with van der Waals surface area (Å²) in [6, 6.07) is 0.222. The summed E-state index contributed by atoms with van der Waals surface area (Å²) in [7, 11) is 0. The molecule has 0 aromatic heterocycles. The Hall–Kier alpha value is -1.06. The van der Waals surface area contributed by atoms with Gasteiger partial charge in [-0.2, -0.15) is 0 Å². The second kappa shape index (κ2) is 8.18. The molecule has 0 saturated heterocycles. The van der Waals surface area contributed by atoms with E-state index in [0.717, 1.165) is 25.8 Å². The van der Waals surface area contributed by atoms with Crippen LogP contribution in [0.3, 0.4) is 0 Å². The molecule has 1 amide bonds. The largest absolute Gasteiger partial charge is 0.481 e. The first-order chi connectivity index (χ1) is 8.73. The molecule has 0 aliphatic rings. The molecule has 0 aliphatic carbocycles. The number of carbonyl (C=O) groups is 2. The molecule has 19 heavy (non-hydrogen) atoms. The highest BCUT2D eigenvalue weighted by Gasteiger charge is 2.28. The Balaban J connectivity index is 4.66. The first kappa shape index (κ1) is 17.9. The van der Waals surface area contributed by atoms with Gasteiger partial charge in [0.2, 0.25) is 5.91 Å². The summed E-state index contributed by atoms with van der Waals surface area (Å²) in [5.41, 5.74) is -0.485. The molecule has 0 radical (unpaired) electrons. The van der Waals surface area contributed by atoms with Gasteiger partial charge in [0.25, 0.3) is 0 Å². The maximum Gasteiger partial charge on any atom is 0.303 e. The number of rotatable bonds is 9. The standard InChI is InChI=1S/C15H29NO3/c1-6-8-9-16(12(3)7-2)13(17)10-15(4,5)11-14(18)19/h12H,6-11H2,1-5H3,(H,18,19). The first-order valence-corrected chi connectivity index (χ1v) is 7.24. The monoisotopic (exact) mass is 271 g/mol. The number of aliphatic carboxylic acids is 1. The quantitative estimate of drug-likeness (QED) is 0.700. The van der Waals surface area contributed by atoms with Crippen molar-refractivity contribution in [3.05, 3.63) is 0 Å². The van der Waals surface area contributed by atoms with Crippen LogP contribution in [0.1, 0.15) is 66.7 Å². The number of amides is 1. The normalized spacial score (nSPS) is 13.1. The van der Waals surface area contributed by atoms with Crippen molar-refractivity contribution in [2.75, 3.05) is 6.54 Å². The van der Waals surface area contributed by atoms with Crippen molar-refractivity contribution in [3.8, 4) is 0 Å². The highest BCUT2D eigenvalue weighted by atomic mass is 16.4. The van der Waals surface area contributed by atoms with E-state index in [2.05, 4.69) is 20.8 Å². The van der Waals surface area contributed by atoms with E-state index in [1.807, 2.05) is 18.7 Å². The molecule has 1 N–H and O–H groups in total. The number of carboxylic acids is 1. The Kier molecular flexibility index (Phi) is 7.72.